The Labute approximate surface area is 182 Å². The van der Waals surface area contributed by atoms with Gasteiger partial charge in [0.25, 0.3) is 0 Å². The topological polar surface area (TPSA) is 58.9 Å². The van der Waals surface area contributed by atoms with E-state index in [1.54, 1.807) is 25.1 Å². The molecule has 0 aromatic heterocycles. The molecule has 3 rings (SSSR count). The largest absolute Gasteiger partial charge is 0.488 e. The first-order valence-electron chi connectivity index (χ1n) is 10.5. The Morgan fingerprint density at radius 1 is 0.710 bits per heavy atom. The lowest BCUT2D eigenvalue weighted by Gasteiger charge is -2.13. The highest BCUT2D eigenvalue weighted by Gasteiger charge is 2.09. The third-order valence-corrected chi connectivity index (χ3v) is 5.01. The molecular formula is C26H29FO4. The first kappa shape index (κ1) is 22.8. The molecule has 0 bridgehead atoms. The second-order valence-corrected chi connectivity index (χ2v) is 7.70. The van der Waals surface area contributed by atoms with Gasteiger partial charge in [-0.15, -0.1) is 0 Å². The molecule has 0 aliphatic heterocycles. The fourth-order valence-corrected chi connectivity index (χ4v) is 3.22. The van der Waals surface area contributed by atoms with Gasteiger partial charge in [-0.2, -0.15) is 0 Å². The van der Waals surface area contributed by atoms with E-state index in [0.29, 0.717) is 11.3 Å². The van der Waals surface area contributed by atoms with E-state index in [-0.39, 0.29) is 31.2 Å². The highest BCUT2D eigenvalue weighted by atomic mass is 19.1. The van der Waals surface area contributed by atoms with E-state index < -0.39 is 0 Å². The first-order valence-corrected chi connectivity index (χ1v) is 10.5. The van der Waals surface area contributed by atoms with E-state index in [4.69, 9.17) is 19.7 Å². The van der Waals surface area contributed by atoms with Crippen molar-refractivity contribution in [2.24, 2.45) is 0 Å². The molecule has 2 N–H and O–H groups in total. The molecule has 0 aliphatic rings. The number of hydrogen-bond donors (Lipinski definition) is 2. The highest BCUT2D eigenvalue weighted by Crippen LogP contribution is 2.26. The number of benzene rings is 3. The van der Waals surface area contributed by atoms with Crippen molar-refractivity contribution >= 4 is 0 Å². The van der Waals surface area contributed by atoms with Crippen LogP contribution in [0.15, 0.2) is 66.7 Å². The van der Waals surface area contributed by atoms with Gasteiger partial charge in [0.15, 0.2) is 0 Å². The fourth-order valence-electron chi connectivity index (χ4n) is 3.22. The monoisotopic (exact) mass is 424 g/mol. The Morgan fingerprint density at radius 2 is 1.19 bits per heavy atom. The fraction of sp³-hybridized carbons (Fsp3) is 0.308. The zero-order valence-electron chi connectivity index (χ0n) is 17.9. The van der Waals surface area contributed by atoms with Gasteiger partial charge in [0, 0.05) is 5.56 Å². The Morgan fingerprint density at radius 3 is 1.71 bits per heavy atom. The molecule has 3 aromatic carbocycles. The molecule has 0 saturated carbocycles. The van der Waals surface area contributed by atoms with Crippen LogP contribution in [0.3, 0.4) is 0 Å². The third kappa shape index (κ3) is 6.54. The Balaban J connectivity index is 1.60. The molecular weight excluding hydrogens is 395 g/mol. The predicted molar refractivity (Wildman–Crippen MR) is 120 cm³/mol. The summed E-state index contributed by atoms with van der Waals surface area (Å²) >= 11 is 0. The van der Waals surface area contributed by atoms with Crippen LogP contribution in [0.5, 0.6) is 11.5 Å². The molecule has 2 unspecified atom stereocenters. The molecule has 164 valence electrons. The molecule has 0 fully saturated rings. The van der Waals surface area contributed by atoms with Gasteiger partial charge in [-0.05, 0) is 73.7 Å². The Bertz CT molecular complexity index is 954. The summed E-state index contributed by atoms with van der Waals surface area (Å²) in [7, 11) is 0. The molecule has 0 aliphatic carbocycles. The number of ether oxygens (including phenoxy) is 2. The van der Waals surface area contributed by atoms with Crippen LogP contribution < -0.4 is 9.47 Å². The van der Waals surface area contributed by atoms with Crippen LogP contribution in [0.4, 0.5) is 4.39 Å². The summed E-state index contributed by atoms with van der Waals surface area (Å²) in [4.78, 5) is 0. The lowest BCUT2D eigenvalue weighted by atomic mass is 9.99. The molecule has 0 radical (unpaired) electrons. The average molecular weight is 425 g/mol. The van der Waals surface area contributed by atoms with Gasteiger partial charge in [-0.25, -0.2) is 4.39 Å². The quantitative estimate of drug-likeness (QED) is 0.491. The van der Waals surface area contributed by atoms with Crippen LogP contribution in [0, 0.1) is 5.82 Å². The minimum atomic E-state index is -0.283. The summed E-state index contributed by atoms with van der Waals surface area (Å²) in [5.41, 5.74) is 3.40. The van der Waals surface area contributed by atoms with E-state index in [2.05, 4.69) is 0 Å². The van der Waals surface area contributed by atoms with Crippen molar-refractivity contribution in [3.63, 3.8) is 0 Å². The van der Waals surface area contributed by atoms with Crippen LogP contribution in [-0.4, -0.2) is 35.6 Å². The maximum atomic E-state index is 14.7. The van der Waals surface area contributed by atoms with Crippen molar-refractivity contribution in [1.82, 2.24) is 0 Å². The second kappa shape index (κ2) is 10.9. The van der Waals surface area contributed by atoms with E-state index in [1.807, 2.05) is 55.5 Å². The minimum absolute atomic E-state index is 0.0237. The zero-order chi connectivity index (χ0) is 22.2. The first-order chi connectivity index (χ1) is 15.0. The smallest absolute Gasteiger partial charge is 0.131 e. The number of rotatable bonds is 10. The lowest BCUT2D eigenvalue weighted by Crippen LogP contribution is -2.16. The van der Waals surface area contributed by atoms with Gasteiger partial charge in [0.05, 0.1) is 13.2 Å². The number of aliphatic hydroxyl groups excluding tert-OH is 2. The van der Waals surface area contributed by atoms with Crippen molar-refractivity contribution in [2.75, 3.05) is 13.2 Å². The maximum Gasteiger partial charge on any atom is 0.131 e. The molecule has 0 spiro atoms. The van der Waals surface area contributed by atoms with Crippen molar-refractivity contribution in [1.29, 1.82) is 0 Å². The Hall–Kier alpha value is -2.89. The standard InChI is InChI=1S/C26H29FO4/c1-18(16-28)30-23-10-5-20(6-11-23)3-4-21-7-14-25(26(27)15-21)22-8-12-24(13-9-22)31-19(2)17-29/h5-15,18-19,28-29H,3-4,16-17H2,1-2H3. The van der Waals surface area contributed by atoms with Gasteiger partial charge in [0.2, 0.25) is 0 Å². The summed E-state index contributed by atoms with van der Waals surface area (Å²) in [6, 6.07) is 20.3. The molecule has 5 heteroatoms. The molecule has 0 saturated heterocycles. The van der Waals surface area contributed by atoms with Crippen molar-refractivity contribution < 1.29 is 24.1 Å². The van der Waals surface area contributed by atoms with E-state index >= 15 is 0 Å². The maximum absolute atomic E-state index is 14.7. The Kier molecular flexibility index (Phi) is 8.04. The lowest BCUT2D eigenvalue weighted by molar-refractivity contribution is 0.129. The molecule has 0 amide bonds. The van der Waals surface area contributed by atoms with Gasteiger partial charge in [-0.3, -0.25) is 0 Å². The number of aliphatic hydroxyl groups is 2. The summed E-state index contributed by atoms with van der Waals surface area (Å²) in [6.45, 7) is 3.51. The average Bonchev–Trinajstić information content (AvgIpc) is 2.79. The molecule has 4 nitrogen and oxygen atoms in total. The SMILES string of the molecule is CC(CO)Oc1ccc(CCc2ccc(-c3ccc(OC(C)CO)cc3)c(F)c2)cc1. The van der Waals surface area contributed by atoms with E-state index in [1.165, 1.54) is 0 Å². The number of hydrogen-bond acceptors (Lipinski definition) is 4. The number of halogens is 1. The molecule has 0 heterocycles. The zero-order valence-corrected chi connectivity index (χ0v) is 17.9. The third-order valence-electron chi connectivity index (χ3n) is 5.01. The van der Waals surface area contributed by atoms with Crippen LogP contribution in [-0.2, 0) is 12.8 Å². The number of aryl methyl sites for hydroxylation is 2. The van der Waals surface area contributed by atoms with Crippen molar-refractivity contribution in [2.45, 2.75) is 38.9 Å². The van der Waals surface area contributed by atoms with E-state index in [9.17, 15) is 4.39 Å². The summed E-state index contributed by atoms with van der Waals surface area (Å²) in [5, 5.41) is 18.1. The van der Waals surface area contributed by atoms with Crippen LogP contribution >= 0.6 is 0 Å². The second-order valence-electron chi connectivity index (χ2n) is 7.70. The van der Waals surface area contributed by atoms with Crippen LogP contribution in [0.2, 0.25) is 0 Å². The predicted octanol–water partition coefficient (Wildman–Crippen LogP) is 4.80. The van der Waals surface area contributed by atoms with Crippen molar-refractivity contribution in [3.05, 3.63) is 83.7 Å². The summed E-state index contributed by atoms with van der Waals surface area (Å²) < 4.78 is 25.8. The van der Waals surface area contributed by atoms with Crippen LogP contribution in [0.1, 0.15) is 25.0 Å². The minimum Gasteiger partial charge on any atom is -0.488 e. The van der Waals surface area contributed by atoms with Gasteiger partial charge >= 0.3 is 0 Å². The summed E-state index contributed by atoms with van der Waals surface area (Å²) in [5.74, 6) is 1.11. The van der Waals surface area contributed by atoms with Gasteiger partial charge < -0.3 is 19.7 Å². The molecule has 3 aromatic rings. The normalized spacial score (nSPS) is 12.9. The van der Waals surface area contributed by atoms with Gasteiger partial charge in [-0.1, -0.05) is 36.4 Å². The van der Waals surface area contributed by atoms with Gasteiger partial charge in [0.1, 0.15) is 29.5 Å². The van der Waals surface area contributed by atoms with E-state index in [0.717, 1.165) is 35.3 Å². The molecule has 2 atom stereocenters. The van der Waals surface area contributed by atoms with Crippen LogP contribution in [0.25, 0.3) is 11.1 Å². The molecule has 31 heavy (non-hydrogen) atoms. The van der Waals surface area contributed by atoms with Crippen molar-refractivity contribution in [3.8, 4) is 22.6 Å². The summed E-state index contributed by atoms with van der Waals surface area (Å²) in [6.07, 6.45) is 1.01. The highest BCUT2D eigenvalue weighted by molar-refractivity contribution is 5.65.